The van der Waals surface area contributed by atoms with E-state index >= 15 is 0 Å². The topological polar surface area (TPSA) is 0 Å². The van der Waals surface area contributed by atoms with Crippen LogP contribution < -0.4 is 0 Å². The van der Waals surface area contributed by atoms with Crippen LogP contribution in [0, 0.1) is 5.41 Å². The Labute approximate surface area is 114 Å². The van der Waals surface area contributed by atoms with Crippen LogP contribution in [0.3, 0.4) is 0 Å². The van der Waals surface area contributed by atoms with Crippen LogP contribution in [0.5, 0.6) is 0 Å². The fourth-order valence-electron chi connectivity index (χ4n) is 2.36. The summed E-state index contributed by atoms with van der Waals surface area (Å²) in [5.74, 6) is -1.44. The maximum Gasteiger partial charge on any atom is 0.396 e. The Morgan fingerprint density at radius 3 is 1.47 bits per heavy atom. The smallest absolute Gasteiger partial charge is 0.170 e. The van der Waals surface area contributed by atoms with Gasteiger partial charge in [0.15, 0.2) is 0 Å². The molecule has 1 aromatic carbocycles. The molecule has 0 bridgehead atoms. The quantitative estimate of drug-likeness (QED) is 0.617. The minimum atomic E-state index is -4.22. The molecule has 108 valence electrons. The number of alkyl halides is 3. The van der Waals surface area contributed by atoms with Gasteiger partial charge in [-0.05, 0) is 22.0 Å². The van der Waals surface area contributed by atoms with Crippen molar-refractivity contribution in [2.24, 2.45) is 5.41 Å². The monoisotopic (exact) mass is 272 g/mol. The van der Waals surface area contributed by atoms with Crippen molar-refractivity contribution in [2.45, 2.75) is 59.1 Å². The molecule has 1 atom stereocenters. The molecule has 19 heavy (non-hydrogen) atoms. The lowest BCUT2D eigenvalue weighted by atomic mass is 9.75. The minimum Gasteiger partial charge on any atom is -0.170 e. The van der Waals surface area contributed by atoms with Gasteiger partial charge in [-0.1, -0.05) is 65.8 Å². The fraction of sp³-hybridized carbons (Fsp3) is 0.625. The molecular weight excluding hydrogens is 249 g/mol. The number of halogens is 3. The minimum absolute atomic E-state index is 0.0476. The summed E-state index contributed by atoms with van der Waals surface area (Å²) in [7, 11) is 0. The highest BCUT2D eigenvalue weighted by atomic mass is 19.4. The molecule has 0 heterocycles. The van der Waals surface area contributed by atoms with Crippen molar-refractivity contribution < 1.29 is 13.2 Å². The van der Waals surface area contributed by atoms with Crippen LogP contribution in [-0.4, -0.2) is 6.18 Å². The van der Waals surface area contributed by atoms with Crippen LogP contribution in [0.1, 0.15) is 58.6 Å². The van der Waals surface area contributed by atoms with E-state index in [1.807, 2.05) is 20.8 Å². The third-order valence-electron chi connectivity index (χ3n) is 3.30. The molecule has 0 saturated heterocycles. The zero-order valence-corrected chi connectivity index (χ0v) is 12.5. The van der Waals surface area contributed by atoms with Gasteiger partial charge in [-0.2, -0.15) is 13.2 Å². The molecule has 0 nitrogen and oxygen atoms in total. The lowest BCUT2D eigenvalue weighted by Gasteiger charge is -2.33. The third-order valence-corrected chi connectivity index (χ3v) is 3.30. The largest absolute Gasteiger partial charge is 0.396 e. The number of benzene rings is 1. The van der Waals surface area contributed by atoms with Crippen molar-refractivity contribution in [3.8, 4) is 0 Å². The first-order valence-corrected chi connectivity index (χ1v) is 6.50. The first kappa shape index (κ1) is 16.1. The number of rotatable bonds is 1. The van der Waals surface area contributed by atoms with Gasteiger partial charge in [-0.15, -0.1) is 0 Å². The van der Waals surface area contributed by atoms with Crippen molar-refractivity contribution in [3.05, 3.63) is 35.4 Å². The summed E-state index contributed by atoms with van der Waals surface area (Å²) < 4.78 is 39.7. The van der Waals surface area contributed by atoms with Gasteiger partial charge in [-0.25, -0.2) is 0 Å². The maximum atomic E-state index is 13.2. The summed E-state index contributed by atoms with van der Waals surface area (Å²) in [6.07, 6.45) is -4.22. The van der Waals surface area contributed by atoms with Gasteiger partial charge in [0, 0.05) is 0 Å². The van der Waals surface area contributed by atoms with Crippen LogP contribution in [0.4, 0.5) is 13.2 Å². The molecule has 1 rings (SSSR count). The Balaban J connectivity index is 3.20. The van der Waals surface area contributed by atoms with Crippen molar-refractivity contribution in [1.29, 1.82) is 0 Å². The second-order valence-corrected chi connectivity index (χ2v) is 7.21. The Morgan fingerprint density at radius 1 is 0.789 bits per heavy atom. The Bertz CT molecular complexity index is 399. The molecule has 0 aliphatic rings. The average Bonchev–Trinajstić information content (AvgIpc) is 2.12. The molecule has 0 amide bonds. The van der Waals surface area contributed by atoms with Crippen LogP contribution in [-0.2, 0) is 5.41 Å². The first-order valence-electron chi connectivity index (χ1n) is 6.50. The first-order chi connectivity index (χ1) is 8.33. The number of hydrogen-bond acceptors (Lipinski definition) is 0. The highest BCUT2D eigenvalue weighted by Gasteiger charge is 2.47. The molecule has 3 heteroatoms. The summed E-state index contributed by atoms with van der Waals surface area (Å²) in [5, 5.41) is 0. The molecule has 0 N–H and O–H groups in total. The number of hydrogen-bond donors (Lipinski definition) is 0. The van der Waals surface area contributed by atoms with Crippen LogP contribution in [0.15, 0.2) is 24.3 Å². The maximum absolute atomic E-state index is 13.2. The molecule has 1 unspecified atom stereocenters. The van der Waals surface area contributed by atoms with E-state index < -0.39 is 17.5 Å². The molecule has 0 spiro atoms. The second kappa shape index (κ2) is 4.84. The normalized spacial score (nSPS) is 15.4. The van der Waals surface area contributed by atoms with Crippen molar-refractivity contribution >= 4 is 0 Å². The predicted octanol–water partition coefficient (Wildman–Crippen LogP) is 5.68. The van der Waals surface area contributed by atoms with E-state index in [-0.39, 0.29) is 5.41 Å². The molecule has 0 aliphatic carbocycles. The summed E-state index contributed by atoms with van der Waals surface area (Å²) >= 11 is 0. The summed E-state index contributed by atoms with van der Waals surface area (Å²) in [6, 6.07) is 6.84. The second-order valence-electron chi connectivity index (χ2n) is 7.21. The van der Waals surface area contributed by atoms with Gasteiger partial charge >= 0.3 is 6.18 Å². The van der Waals surface area contributed by atoms with E-state index in [1.165, 1.54) is 0 Å². The predicted molar refractivity (Wildman–Crippen MR) is 73.4 cm³/mol. The highest BCUT2D eigenvalue weighted by molar-refractivity contribution is 5.31. The Kier molecular flexibility index (Phi) is 4.09. The van der Waals surface area contributed by atoms with E-state index in [0.29, 0.717) is 5.56 Å². The van der Waals surface area contributed by atoms with Crippen molar-refractivity contribution in [3.63, 3.8) is 0 Å². The molecular formula is C16H23F3. The zero-order valence-electron chi connectivity index (χ0n) is 12.5. The summed E-state index contributed by atoms with van der Waals surface area (Å²) in [5.41, 5.74) is 0.495. The van der Waals surface area contributed by atoms with Gasteiger partial charge in [0.25, 0.3) is 0 Å². The van der Waals surface area contributed by atoms with Gasteiger partial charge in [0.05, 0.1) is 5.92 Å². The summed E-state index contributed by atoms with van der Waals surface area (Å²) in [6.45, 7) is 11.0. The van der Waals surface area contributed by atoms with Crippen LogP contribution in [0.25, 0.3) is 0 Å². The molecule has 0 radical (unpaired) electrons. The van der Waals surface area contributed by atoms with Crippen LogP contribution in [0.2, 0.25) is 0 Å². The van der Waals surface area contributed by atoms with Gasteiger partial charge in [0.2, 0.25) is 0 Å². The van der Waals surface area contributed by atoms with Gasteiger partial charge in [-0.3, -0.25) is 0 Å². The molecule has 0 saturated carbocycles. The Morgan fingerprint density at radius 2 is 1.21 bits per heavy atom. The fourth-order valence-corrected chi connectivity index (χ4v) is 2.36. The van der Waals surface area contributed by atoms with Crippen LogP contribution >= 0.6 is 0 Å². The van der Waals surface area contributed by atoms with E-state index in [0.717, 1.165) is 5.56 Å². The van der Waals surface area contributed by atoms with E-state index in [4.69, 9.17) is 0 Å². The van der Waals surface area contributed by atoms with Gasteiger partial charge in [0.1, 0.15) is 0 Å². The molecule has 0 fully saturated rings. The average molecular weight is 272 g/mol. The molecule has 0 aromatic heterocycles. The van der Waals surface area contributed by atoms with Crippen molar-refractivity contribution in [1.82, 2.24) is 0 Å². The van der Waals surface area contributed by atoms with E-state index in [2.05, 4.69) is 0 Å². The van der Waals surface area contributed by atoms with Crippen molar-refractivity contribution in [2.75, 3.05) is 0 Å². The van der Waals surface area contributed by atoms with E-state index in [9.17, 15) is 13.2 Å². The molecule has 0 aliphatic heterocycles. The van der Waals surface area contributed by atoms with Gasteiger partial charge < -0.3 is 0 Å². The summed E-state index contributed by atoms with van der Waals surface area (Å²) in [4.78, 5) is 0. The Hall–Kier alpha value is -0.990. The standard InChI is InChI=1S/C16H23F3/c1-14(2,3)12-9-7-11(8-10-12)13(15(4,5)6)16(17,18)19/h7-10,13H,1-6H3. The van der Waals surface area contributed by atoms with E-state index in [1.54, 1.807) is 45.0 Å². The lowest BCUT2D eigenvalue weighted by Crippen LogP contribution is -2.32. The lowest BCUT2D eigenvalue weighted by molar-refractivity contribution is -0.171. The molecule has 1 aromatic rings. The zero-order chi connectivity index (χ0) is 15.1. The highest BCUT2D eigenvalue weighted by Crippen LogP contribution is 2.46. The SMILES string of the molecule is CC(C)(C)c1ccc(C(C(C)(C)C)C(F)(F)F)cc1. The third kappa shape index (κ3) is 3.99.